The number of hydrogen-bond donors (Lipinski definition) is 2. The molecule has 3 N–H and O–H groups in total. The van der Waals surface area contributed by atoms with Crippen molar-refractivity contribution in [3.05, 3.63) is 28.8 Å². The minimum atomic E-state index is -0.121. The normalized spacial score (nSPS) is 15.6. The maximum absolute atomic E-state index is 11.9. The zero-order valence-corrected chi connectivity index (χ0v) is 9.44. The number of aromatic amines is 1. The molecule has 1 aromatic carbocycles. The van der Waals surface area contributed by atoms with Crippen molar-refractivity contribution in [2.24, 2.45) is 0 Å². The third-order valence-electron chi connectivity index (χ3n) is 3.25. The molecule has 0 unspecified atom stereocenters. The number of nitrogen functional groups attached to an aromatic ring is 1. The first-order chi connectivity index (χ1) is 8.27. The lowest BCUT2D eigenvalue weighted by atomic mass is 10.1. The molecule has 3 rings (SSSR count). The van der Waals surface area contributed by atoms with Crippen LogP contribution in [0.15, 0.2) is 23.3 Å². The van der Waals surface area contributed by atoms with Crippen LogP contribution in [0.3, 0.4) is 0 Å². The van der Waals surface area contributed by atoms with E-state index >= 15 is 0 Å². The van der Waals surface area contributed by atoms with Gasteiger partial charge in [-0.3, -0.25) is 4.79 Å². The van der Waals surface area contributed by atoms with Crippen LogP contribution >= 0.6 is 0 Å². The van der Waals surface area contributed by atoms with E-state index in [9.17, 15) is 4.79 Å². The smallest absolute Gasteiger partial charge is 0.260 e. The summed E-state index contributed by atoms with van der Waals surface area (Å²) in [6.45, 7) is 1.99. The van der Waals surface area contributed by atoms with Gasteiger partial charge in [-0.15, -0.1) is 0 Å². The number of nitrogens with one attached hydrogen (secondary N) is 1. The Bertz CT molecular complexity index is 613. The summed E-state index contributed by atoms with van der Waals surface area (Å²) in [5, 5.41) is 0.606. The third kappa shape index (κ3) is 1.54. The number of rotatable bonds is 1. The van der Waals surface area contributed by atoms with Gasteiger partial charge in [-0.2, -0.15) is 0 Å². The van der Waals surface area contributed by atoms with Gasteiger partial charge in [0.25, 0.3) is 5.56 Å². The Morgan fingerprint density at radius 3 is 2.82 bits per heavy atom. The maximum Gasteiger partial charge on any atom is 0.260 e. The first-order valence-corrected chi connectivity index (χ1v) is 5.78. The number of H-pyrrole nitrogens is 1. The number of anilines is 2. The molecule has 2 aromatic rings. The maximum atomic E-state index is 11.9. The summed E-state index contributed by atoms with van der Waals surface area (Å²) in [6, 6.07) is 3.74. The van der Waals surface area contributed by atoms with E-state index in [1.54, 1.807) is 0 Å². The molecule has 1 aliphatic heterocycles. The van der Waals surface area contributed by atoms with Crippen LogP contribution in [-0.2, 0) is 0 Å². The van der Waals surface area contributed by atoms with E-state index < -0.39 is 0 Å². The van der Waals surface area contributed by atoms with Gasteiger partial charge < -0.3 is 15.6 Å². The minimum Gasteiger partial charge on any atom is -0.397 e. The fourth-order valence-corrected chi connectivity index (χ4v) is 2.41. The van der Waals surface area contributed by atoms with Crippen molar-refractivity contribution in [2.45, 2.75) is 12.8 Å². The molecule has 1 aliphatic rings. The molecular weight excluding hydrogens is 216 g/mol. The highest BCUT2D eigenvalue weighted by Gasteiger charge is 2.17. The molecule has 5 heteroatoms. The zero-order chi connectivity index (χ0) is 11.8. The van der Waals surface area contributed by atoms with Crippen LogP contribution < -0.4 is 16.2 Å². The fraction of sp³-hybridized carbons (Fsp3) is 0.333. The average molecular weight is 230 g/mol. The summed E-state index contributed by atoms with van der Waals surface area (Å²) < 4.78 is 0. The predicted octanol–water partition coefficient (Wildman–Crippen LogP) is 1.11. The highest BCUT2D eigenvalue weighted by Crippen LogP contribution is 2.28. The van der Waals surface area contributed by atoms with E-state index in [1.165, 1.54) is 19.2 Å². The summed E-state index contributed by atoms with van der Waals surface area (Å²) in [7, 11) is 0. The second kappa shape index (κ2) is 3.76. The van der Waals surface area contributed by atoms with Crippen molar-refractivity contribution in [3.63, 3.8) is 0 Å². The van der Waals surface area contributed by atoms with Crippen LogP contribution in [0, 0.1) is 0 Å². The molecule has 0 amide bonds. The van der Waals surface area contributed by atoms with Crippen molar-refractivity contribution in [2.75, 3.05) is 23.7 Å². The van der Waals surface area contributed by atoms with E-state index in [1.807, 2.05) is 12.1 Å². The van der Waals surface area contributed by atoms with Gasteiger partial charge in [0.05, 0.1) is 23.1 Å². The lowest BCUT2D eigenvalue weighted by Crippen LogP contribution is -2.21. The summed E-state index contributed by atoms with van der Waals surface area (Å²) in [6.07, 6.45) is 3.74. The van der Waals surface area contributed by atoms with Crippen LogP contribution in [0.25, 0.3) is 10.9 Å². The standard InChI is InChI=1S/C12H14N4O/c13-8-3-4-9(16-5-1-2-6-16)10-11(8)14-7-15-12(10)17/h3-4,7H,1-2,5-6,13H2,(H,14,15,17). The van der Waals surface area contributed by atoms with Crippen LogP contribution in [-0.4, -0.2) is 23.1 Å². The number of aromatic nitrogens is 2. The van der Waals surface area contributed by atoms with Gasteiger partial charge in [-0.05, 0) is 25.0 Å². The first-order valence-electron chi connectivity index (χ1n) is 5.78. The van der Waals surface area contributed by atoms with Gasteiger partial charge in [-0.25, -0.2) is 4.98 Å². The molecule has 0 bridgehead atoms. The lowest BCUT2D eigenvalue weighted by Gasteiger charge is -2.19. The summed E-state index contributed by atoms with van der Waals surface area (Å²) in [5.41, 5.74) is 7.83. The van der Waals surface area contributed by atoms with Crippen molar-refractivity contribution < 1.29 is 0 Å². The SMILES string of the molecule is Nc1ccc(N2CCCC2)c2c(=O)[nH]cnc12. The van der Waals surface area contributed by atoms with E-state index in [0.717, 1.165) is 18.8 Å². The Kier molecular flexibility index (Phi) is 2.24. The lowest BCUT2D eigenvalue weighted by molar-refractivity contribution is 0.949. The molecule has 0 spiro atoms. The van der Waals surface area contributed by atoms with Gasteiger partial charge in [0.2, 0.25) is 0 Å². The molecule has 17 heavy (non-hydrogen) atoms. The molecule has 2 heterocycles. The molecule has 0 saturated carbocycles. The largest absolute Gasteiger partial charge is 0.397 e. The van der Waals surface area contributed by atoms with Gasteiger partial charge in [0, 0.05) is 13.1 Å². The Morgan fingerprint density at radius 1 is 1.29 bits per heavy atom. The number of fused-ring (bicyclic) bond motifs is 1. The summed E-state index contributed by atoms with van der Waals surface area (Å²) in [5.74, 6) is 0. The first kappa shape index (κ1) is 10.1. The Labute approximate surface area is 98.3 Å². The van der Waals surface area contributed by atoms with E-state index in [-0.39, 0.29) is 5.56 Å². The quantitative estimate of drug-likeness (QED) is 0.719. The van der Waals surface area contributed by atoms with Crippen molar-refractivity contribution in [3.8, 4) is 0 Å². The molecule has 0 aliphatic carbocycles. The van der Waals surface area contributed by atoms with E-state index in [2.05, 4.69) is 14.9 Å². The van der Waals surface area contributed by atoms with Gasteiger partial charge in [-0.1, -0.05) is 0 Å². The molecule has 0 atom stereocenters. The second-order valence-corrected chi connectivity index (χ2v) is 4.32. The minimum absolute atomic E-state index is 0.121. The van der Waals surface area contributed by atoms with Crippen LogP contribution in [0.5, 0.6) is 0 Å². The molecule has 5 nitrogen and oxygen atoms in total. The van der Waals surface area contributed by atoms with Crippen molar-refractivity contribution in [1.82, 2.24) is 9.97 Å². The van der Waals surface area contributed by atoms with E-state index in [4.69, 9.17) is 5.73 Å². The number of benzene rings is 1. The second-order valence-electron chi connectivity index (χ2n) is 4.32. The number of nitrogens with zero attached hydrogens (tertiary/aromatic N) is 2. The van der Waals surface area contributed by atoms with Crippen molar-refractivity contribution >= 4 is 22.3 Å². The predicted molar refractivity (Wildman–Crippen MR) is 68.2 cm³/mol. The number of nitrogens with two attached hydrogens (primary N) is 1. The fourth-order valence-electron chi connectivity index (χ4n) is 2.41. The molecule has 1 saturated heterocycles. The van der Waals surface area contributed by atoms with Crippen molar-refractivity contribution in [1.29, 1.82) is 0 Å². The molecule has 88 valence electrons. The monoisotopic (exact) mass is 230 g/mol. The Hall–Kier alpha value is -2.04. The number of hydrogen-bond acceptors (Lipinski definition) is 4. The summed E-state index contributed by atoms with van der Waals surface area (Å²) >= 11 is 0. The molecule has 1 aromatic heterocycles. The van der Waals surface area contributed by atoms with Crippen LogP contribution in [0.1, 0.15) is 12.8 Å². The van der Waals surface area contributed by atoms with Gasteiger partial charge in [0.15, 0.2) is 0 Å². The molecule has 0 radical (unpaired) electrons. The molecular formula is C12H14N4O. The topological polar surface area (TPSA) is 75.0 Å². The van der Waals surface area contributed by atoms with E-state index in [0.29, 0.717) is 16.6 Å². The Balaban J connectivity index is 2.31. The van der Waals surface area contributed by atoms with Gasteiger partial charge in [0.1, 0.15) is 5.52 Å². The zero-order valence-electron chi connectivity index (χ0n) is 9.44. The third-order valence-corrected chi connectivity index (χ3v) is 3.25. The summed E-state index contributed by atoms with van der Waals surface area (Å²) in [4.78, 5) is 20.9. The average Bonchev–Trinajstić information content (AvgIpc) is 2.84. The van der Waals surface area contributed by atoms with Crippen LogP contribution in [0.2, 0.25) is 0 Å². The van der Waals surface area contributed by atoms with Gasteiger partial charge >= 0.3 is 0 Å². The van der Waals surface area contributed by atoms with Crippen LogP contribution in [0.4, 0.5) is 11.4 Å². The molecule has 1 fully saturated rings. The highest BCUT2D eigenvalue weighted by atomic mass is 16.1. The Morgan fingerprint density at radius 2 is 2.06 bits per heavy atom. The highest BCUT2D eigenvalue weighted by molar-refractivity contribution is 5.98.